The summed E-state index contributed by atoms with van der Waals surface area (Å²) in [5, 5.41) is 24.9. The summed E-state index contributed by atoms with van der Waals surface area (Å²) in [5.41, 5.74) is 0.340. The summed E-state index contributed by atoms with van der Waals surface area (Å²) in [6.45, 7) is 3.73. The predicted molar refractivity (Wildman–Crippen MR) is 102 cm³/mol. The molecule has 0 aromatic carbocycles. The number of ether oxygens (including phenoxy) is 2. The molecule has 3 aliphatic rings. The molecule has 5 rings (SSSR count). The van der Waals surface area contributed by atoms with Crippen LogP contribution in [0.25, 0.3) is 0 Å². The zero-order valence-electron chi connectivity index (χ0n) is 16.2. The number of nitrogens with zero attached hydrogens (tertiary/aromatic N) is 6. The molecule has 10 nitrogen and oxygen atoms in total. The SMILES string of the molecule is N#Cc1cnc(N[C@@H]2CCC[C@H](c3nnc4n3CCNC4)C2)nc1OC1COC1. The smallest absolute Gasteiger partial charge is 0.237 e. The number of anilines is 1. The van der Waals surface area contributed by atoms with Gasteiger partial charge < -0.3 is 24.7 Å². The second-order valence-corrected chi connectivity index (χ2v) is 7.81. The lowest BCUT2D eigenvalue weighted by atomic mass is 9.85. The number of rotatable bonds is 5. The van der Waals surface area contributed by atoms with E-state index in [0.717, 1.165) is 57.0 Å². The third kappa shape index (κ3) is 3.75. The van der Waals surface area contributed by atoms with E-state index in [1.54, 1.807) is 0 Å². The molecule has 10 heteroatoms. The number of nitrogens with one attached hydrogen (secondary N) is 2. The Balaban J connectivity index is 1.28. The minimum absolute atomic E-state index is 0.0440. The van der Waals surface area contributed by atoms with E-state index in [2.05, 4.69) is 41.4 Å². The summed E-state index contributed by atoms with van der Waals surface area (Å²) < 4.78 is 13.2. The van der Waals surface area contributed by atoms with Crippen molar-refractivity contribution in [2.24, 2.45) is 0 Å². The second kappa shape index (κ2) is 7.93. The van der Waals surface area contributed by atoms with Gasteiger partial charge in [-0.25, -0.2) is 4.98 Å². The Morgan fingerprint density at radius 2 is 2.24 bits per heavy atom. The second-order valence-electron chi connectivity index (χ2n) is 7.81. The fourth-order valence-electron chi connectivity index (χ4n) is 4.20. The first-order chi connectivity index (χ1) is 14.3. The van der Waals surface area contributed by atoms with Crippen molar-refractivity contribution in [3.05, 3.63) is 23.4 Å². The van der Waals surface area contributed by atoms with Crippen molar-refractivity contribution in [1.82, 2.24) is 30.0 Å². The topological polar surface area (TPSA) is 123 Å². The molecular formula is C19H24N8O2. The first kappa shape index (κ1) is 18.3. The van der Waals surface area contributed by atoms with Crippen LogP contribution in [0.5, 0.6) is 5.88 Å². The largest absolute Gasteiger partial charge is 0.468 e. The Kier molecular flexibility index (Phi) is 4.99. The van der Waals surface area contributed by atoms with Gasteiger partial charge >= 0.3 is 0 Å². The number of aromatic nitrogens is 5. The van der Waals surface area contributed by atoms with Gasteiger partial charge in [-0.05, 0) is 19.3 Å². The van der Waals surface area contributed by atoms with Crippen LogP contribution in [0.3, 0.4) is 0 Å². The molecule has 2 aromatic heterocycles. The molecule has 29 heavy (non-hydrogen) atoms. The lowest BCUT2D eigenvalue weighted by molar-refractivity contribution is -0.0814. The van der Waals surface area contributed by atoms with Gasteiger partial charge in [0, 0.05) is 25.0 Å². The first-order valence-electron chi connectivity index (χ1n) is 10.2. The summed E-state index contributed by atoms with van der Waals surface area (Å²) >= 11 is 0. The molecule has 0 bridgehead atoms. The summed E-state index contributed by atoms with van der Waals surface area (Å²) in [6, 6.07) is 2.34. The molecule has 2 aromatic rings. The minimum Gasteiger partial charge on any atom is -0.468 e. The Hall–Kier alpha value is -2.77. The maximum atomic E-state index is 9.29. The van der Waals surface area contributed by atoms with E-state index >= 15 is 0 Å². The zero-order chi connectivity index (χ0) is 19.6. The highest BCUT2D eigenvalue weighted by atomic mass is 16.6. The van der Waals surface area contributed by atoms with Gasteiger partial charge in [0.25, 0.3) is 0 Å². The third-order valence-electron chi connectivity index (χ3n) is 5.78. The van der Waals surface area contributed by atoms with E-state index < -0.39 is 0 Å². The monoisotopic (exact) mass is 396 g/mol. The molecule has 0 amide bonds. The quantitative estimate of drug-likeness (QED) is 0.760. The Morgan fingerprint density at radius 1 is 1.31 bits per heavy atom. The average Bonchev–Trinajstić information content (AvgIpc) is 3.15. The molecule has 0 radical (unpaired) electrons. The highest BCUT2D eigenvalue weighted by Gasteiger charge is 2.29. The van der Waals surface area contributed by atoms with Crippen molar-refractivity contribution < 1.29 is 9.47 Å². The number of hydrogen-bond acceptors (Lipinski definition) is 9. The van der Waals surface area contributed by atoms with E-state index in [-0.39, 0.29) is 12.1 Å². The summed E-state index contributed by atoms with van der Waals surface area (Å²) in [4.78, 5) is 8.77. The van der Waals surface area contributed by atoms with Gasteiger partial charge in [-0.3, -0.25) is 0 Å². The van der Waals surface area contributed by atoms with Gasteiger partial charge in [-0.1, -0.05) is 6.42 Å². The molecule has 2 aliphatic heterocycles. The lowest BCUT2D eigenvalue weighted by Gasteiger charge is -2.30. The molecule has 4 heterocycles. The molecule has 1 aliphatic carbocycles. The molecule has 152 valence electrons. The minimum atomic E-state index is -0.0440. The maximum absolute atomic E-state index is 9.29. The van der Waals surface area contributed by atoms with Crippen LogP contribution in [-0.2, 0) is 17.8 Å². The van der Waals surface area contributed by atoms with Crippen molar-refractivity contribution in [2.75, 3.05) is 25.1 Å². The molecule has 0 spiro atoms. The van der Waals surface area contributed by atoms with E-state index in [0.29, 0.717) is 36.5 Å². The normalized spacial score (nSPS) is 24.2. The summed E-state index contributed by atoms with van der Waals surface area (Å²) in [5.74, 6) is 3.32. The van der Waals surface area contributed by atoms with Crippen LogP contribution in [0.2, 0.25) is 0 Å². The molecular weight excluding hydrogens is 372 g/mol. The predicted octanol–water partition coefficient (Wildman–Crippen LogP) is 0.959. The van der Waals surface area contributed by atoms with Gasteiger partial charge in [0.05, 0.1) is 26.0 Å². The van der Waals surface area contributed by atoms with Crippen LogP contribution >= 0.6 is 0 Å². The van der Waals surface area contributed by atoms with Crippen molar-refractivity contribution in [3.63, 3.8) is 0 Å². The van der Waals surface area contributed by atoms with Crippen LogP contribution in [0.15, 0.2) is 6.20 Å². The van der Waals surface area contributed by atoms with Gasteiger partial charge in [0.1, 0.15) is 29.4 Å². The van der Waals surface area contributed by atoms with Crippen molar-refractivity contribution in [2.45, 2.75) is 56.8 Å². The van der Waals surface area contributed by atoms with Crippen LogP contribution < -0.4 is 15.4 Å². The van der Waals surface area contributed by atoms with Crippen LogP contribution in [-0.4, -0.2) is 56.6 Å². The average molecular weight is 396 g/mol. The summed E-state index contributed by atoms with van der Waals surface area (Å²) in [7, 11) is 0. The van der Waals surface area contributed by atoms with Gasteiger partial charge in [-0.2, -0.15) is 10.2 Å². The molecule has 0 unspecified atom stereocenters. The Morgan fingerprint density at radius 3 is 3.07 bits per heavy atom. The molecule has 2 fully saturated rings. The Labute approximate surface area is 168 Å². The van der Waals surface area contributed by atoms with Crippen molar-refractivity contribution in [1.29, 1.82) is 5.26 Å². The van der Waals surface area contributed by atoms with Crippen LogP contribution in [0.1, 0.15) is 48.8 Å². The fraction of sp³-hybridized carbons (Fsp3) is 0.632. The standard InChI is InChI=1S/C19H24N8O2/c20-7-13-8-22-19(24-18(13)29-15-10-28-11-15)23-14-3-1-2-12(6-14)17-26-25-16-9-21-4-5-27(16)17/h8,12,14-15,21H,1-6,9-11H2,(H,22,23,24)/t12-,14+/m0/s1. The van der Waals surface area contributed by atoms with Crippen LogP contribution in [0.4, 0.5) is 5.95 Å². The maximum Gasteiger partial charge on any atom is 0.237 e. The van der Waals surface area contributed by atoms with Gasteiger partial charge in [-0.15, -0.1) is 10.2 Å². The van der Waals surface area contributed by atoms with Crippen molar-refractivity contribution >= 4 is 5.95 Å². The fourth-order valence-corrected chi connectivity index (χ4v) is 4.20. The molecule has 1 saturated heterocycles. The third-order valence-corrected chi connectivity index (χ3v) is 5.78. The van der Waals surface area contributed by atoms with Crippen molar-refractivity contribution in [3.8, 4) is 11.9 Å². The number of fused-ring (bicyclic) bond motifs is 1. The Bertz CT molecular complexity index is 919. The molecule has 2 atom stereocenters. The molecule has 2 N–H and O–H groups in total. The van der Waals surface area contributed by atoms with E-state index in [4.69, 9.17) is 9.47 Å². The van der Waals surface area contributed by atoms with E-state index in [9.17, 15) is 5.26 Å². The van der Waals surface area contributed by atoms with E-state index in [1.165, 1.54) is 6.20 Å². The first-order valence-corrected chi connectivity index (χ1v) is 10.2. The highest BCUT2D eigenvalue weighted by Crippen LogP contribution is 2.34. The number of nitriles is 1. The van der Waals surface area contributed by atoms with Gasteiger partial charge in [0.15, 0.2) is 0 Å². The van der Waals surface area contributed by atoms with Crippen LogP contribution in [0, 0.1) is 11.3 Å². The molecule has 1 saturated carbocycles. The lowest BCUT2D eigenvalue weighted by Crippen LogP contribution is -2.39. The summed E-state index contributed by atoms with van der Waals surface area (Å²) in [6.07, 6.45) is 5.72. The number of hydrogen-bond donors (Lipinski definition) is 2. The van der Waals surface area contributed by atoms with Gasteiger partial charge in [0.2, 0.25) is 11.8 Å². The zero-order valence-corrected chi connectivity index (χ0v) is 16.2. The highest BCUT2D eigenvalue weighted by molar-refractivity contribution is 5.41. The van der Waals surface area contributed by atoms with E-state index in [1.807, 2.05) is 0 Å².